The van der Waals surface area contributed by atoms with Gasteiger partial charge < -0.3 is 4.90 Å². The Kier molecular flexibility index (Phi) is 7.21. The van der Waals surface area contributed by atoms with Gasteiger partial charge in [-0.1, -0.05) is 30.4 Å². The van der Waals surface area contributed by atoms with Gasteiger partial charge in [0, 0.05) is 6.54 Å². The van der Waals surface area contributed by atoms with Gasteiger partial charge in [0.15, 0.2) is 0 Å². The number of benzene rings is 2. The fraction of sp³-hybridized carbons (Fsp3) is 0.250. The molecule has 0 amide bonds. The number of alkyl halides is 3. The van der Waals surface area contributed by atoms with Crippen LogP contribution in [0.5, 0.6) is 0 Å². The van der Waals surface area contributed by atoms with Gasteiger partial charge in [0.1, 0.15) is 17.3 Å². The molecule has 0 saturated heterocycles. The third-order valence-electron chi connectivity index (χ3n) is 5.25. The molecule has 1 atom stereocenters. The molecule has 0 spiro atoms. The van der Waals surface area contributed by atoms with Crippen LogP contribution in [0.25, 0.3) is 0 Å². The van der Waals surface area contributed by atoms with Crippen molar-refractivity contribution in [2.45, 2.75) is 32.1 Å². The van der Waals surface area contributed by atoms with Gasteiger partial charge >= 0.3 is 6.18 Å². The molecule has 1 N–H and O–H groups in total. The summed E-state index contributed by atoms with van der Waals surface area (Å²) in [6, 6.07) is 6.73. The lowest BCUT2D eigenvalue weighted by atomic mass is 9.90. The normalized spacial score (nSPS) is 16.7. The molecule has 0 saturated carbocycles. The average Bonchev–Trinajstić information content (AvgIpc) is 2.69. The van der Waals surface area contributed by atoms with Crippen molar-refractivity contribution in [3.8, 4) is 0 Å². The summed E-state index contributed by atoms with van der Waals surface area (Å²) in [6.07, 6.45) is 0.221. The molecule has 2 aromatic carbocycles. The Bertz CT molecular complexity index is 1240. The number of allylic oxidation sites excluding steroid dienone is 4. The SMILES string of the molecule is C=CCC1=CC=C(C(F)(F)F)N(Cc2cc(C)c(NS(C)(=O)=O)c(F)c2)C1c1cccc(F)c1. The van der Waals surface area contributed by atoms with Crippen molar-refractivity contribution in [2.24, 2.45) is 0 Å². The zero-order valence-corrected chi connectivity index (χ0v) is 19.3. The van der Waals surface area contributed by atoms with E-state index in [1.54, 1.807) is 0 Å². The number of nitrogens with zero attached hydrogens (tertiary/aromatic N) is 1. The van der Waals surface area contributed by atoms with Crippen LogP contribution in [-0.4, -0.2) is 25.7 Å². The van der Waals surface area contributed by atoms with Crippen LogP contribution in [-0.2, 0) is 16.6 Å². The van der Waals surface area contributed by atoms with Crippen molar-refractivity contribution in [3.05, 3.63) is 101 Å². The summed E-state index contributed by atoms with van der Waals surface area (Å²) in [4.78, 5) is 1.05. The van der Waals surface area contributed by atoms with Gasteiger partial charge in [-0.3, -0.25) is 4.72 Å². The van der Waals surface area contributed by atoms with Gasteiger partial charge in [-0.25, -0.2) is 17.2 Å². The molecule has 0 aliphatic carbocycles. The Morgan fingerprint density at radius 2 is 1.85 bits per heavy atom. The van der Waals surface area contributed by atoms with Crippen molar-refractivity contribution < 1.29 is 30.4 Å². The number of nitrogens with one attached hydrogen (secondary N) is 1. The molecule has 0 aromatic heterocycles. The molecule has 0 bridgehead atoms. The fourth-order valence-electron chi connectivity index (χ4n) is 3.98. The molecule has 3 rings (SSSR count). The number of sulfonamides is 1. The van der Waals surface area contributed by atoms with Gasteiger partial charge in [0.2, 0.25) is 10.0 Å². The topological polar surface area (TPSA) is 49.4 Å². The van der Waals surface area contributed by atoms with Crippen LogP contribution in [0.15, 0.2) is 72.5 Å². The van der Waals surface area contributed by atoms with E-state index in [9.17, 15) is 30.4 Å². The molecule has 0 radical (unpaired) electrons. The van der Waals surface area contributed by atoms with E-state index in [-0.39, 0.29) is 29.8 Å². The molecular formula is C24H23F5N2O2S. The van der Waals surface area contributed by atoms with Gasteiger partial charge in [0.05, 0.1) is 18.0 Å². The Balaban J connectivity index is 2.12. The number of anilines is 1. The smallest absolute Gasteiger partial charge is 0.352 e. The largest absolute Gasteiger partial charge is 0.431 e. The maximum Gasteiger partial charge on any atom is 0.431 e. The highest BCUT2D eigenvalue weighted by molar-refractivity contribution is 7.92. The molecule has 10 heteroatoms. The second-order valence-electron chi connectivity index (χ2n) is 8.01. The summed E-state index contributed by atoms with van der Waals surface area (Å²) in [7, 11) is -3.76. The lowest BCUT2D eigenvalue weighted by Crippen LogP contribution is -2.37. The van der Waals surface area contributed by atoms with E-state index in [0.29, 0.717) is 11.1 Å². The minimum absolute atomic E-state index is 0.186. The highest BCUT2D eigenvalue weighted by Gasteiger charge is 2.42. The van der Waals surface area contributed by atoms with Crippen molar-refractivity contribution >= 4 is 15.7 Å². The molecule has 182 valence electrons. The van der Waals surface area contributed by atoms with Crippen molar-refractivity contribution in [1.29, 1.82) is 0 Å². The molecule has 2 aromatic rings. The van der Waals surface area contributed by atoms with Gasteiger partial charge in [-0.2, -0.15) is 13.2 Å². The second-order valence-corrected chi connectivity index (χ2v) is 9.76. The first-order valence-corrected chi connectivity index (χ1v) is 12.1. The predicted octanol–water partition coefficient (Wildman–Crippen LogP) is 6.15. The first-order valence-electron chi connectivity index (χ1n) is 10.2. The minimum Gasteiger partial charge on any atom is -0.352 e. The third kappa shape index (κ3) is 5.85. The number of hydrogen-bond donors (Lipinski definition) is 1. The maximum atomic E-state index is 14.7. The van der Waals surface area contributed by atoms with E-state index in [1.165, 1.54) is 49.4 Å². The molecule has 1 unspecified atom stereocenters. The van der Waals surface area contributed by atoms with E-state index < -0.39 is 39.6 Å². The summed E-state index contributed by atoms with van der Waals surface area (Å²) in [6.45, 7) is 4.74. The minimum atomic E-state index is -4.73. The van der Waals surface area contributed by atoms with Gasteiger partial charge in [-0.15, -0.1) is 6.58 Å². The van der Waals surface area contributed by atoms with Gasteiger partial charge in [-0.05, 0) is 59.9 Å². The number of hydrogen-bond acceptors (Lipinski definition) is 3. The Labute approximate surface area is 195 Å². The van der Waals surface area contributed by atoms with Crippen LogP contribution in [0.2, 0.25) is 0 Å². The van der Waals surface area contributed by atoms with Crippen molar-refractivity contribution in [3.63, 3.8) is 0 Å². The Morgan fingerprint density at radius 3 is 2.41 bits per heavy atom. The lowest BCUT2D eigenvalue weighted by molar-refractivity contribution is -0.116. The molecule has 34 heavy (non-hydrogen) atoms. The predicted molar refractivity (Wildman–Crippen MR) is 121 cm³/mol. The van der Waals surface area contributed by atoms with Crippen LogP contribution in [0.1, 0.15) is 29.2 Å². The van der Waals surface area contributed by atoms with Crippen LogP contribution < -0.4 is 4.72 Å². The fourth-order valence-corrected chi connectivity index (χ4v) is 4.61. The number of rotatable bonds is 7. The quantitative estimate of drug-likeness (QED) is 0.368. The second kappa shape index (κ2) is 9.61. The van der Waals surface area contributed by atoms with E-state index in [1.807, 2.05) is 0 Å². The summed E-state index contributed by atoms with van der Waals surface area (Å²) >= 11 is 0. The zero-order chi connectivity index (χ0) is 25.3. The van der Waals surface area contributed by atoms with Crippen molar-refractivity contribution in [1.82, 2.24) is 4.90 Å². The number of halogens is 5. The highest BCUT2D eigenvalue weighted by Crippen LogP contribution is 2.43. The standard InChI is InChI=1S/C24H23F5N2O2S/c1-4-6-17-9-10-21(24(27,28)29)31(23(17)18-7-5-8-19(25)13-18)14-16-11-15(2)22(20(26)12-16)30-34(3,32)33/h4-5,7-13,23,30H,1,6,14H2,2-3H3. The molecule has 4 nitrogen and oxygen atoms in total. The van der Waals surface area contributed by atoms with E-state index in [0.717, 1.165) is 23.3 Å². The summed E-state index contributed by atoms with van der Waals surface area (Å²) in [5, 5.41) is 0. The molecular weight excluding hydrogens is 475 g/mol. The first-order chi connectivity index (χ1) is 15.8. The van der Waals surface area contributed by atoms with E-state index in [4.69, 9.17) is 0 Å². The van der Waals surface area contributed by atoms with Crippen LogP contribution >= 0.6 is 0 Å². The van der Waals surface area contributed by atoms with E-state index in [2.05, 4.69) is 11.3 Å². The maximum absolute atomic E-state index is 14.7. The molecule has 1 aliphatic heterocycles. The van der Waals surface area contributed by atoms with E-state index >= 15 is 0 Å². The Hall–Kier alpha value is -3.14. The van der Waals surface area contributed by atoms with Crippen molar-refractivity contribution in [2.75, 3.05) is 11.0 Å². The van der Waals surface area contributed by atoms with Gasteiger partial charge in [0.25, 0.3) is 0 Å². The number of aryl methyl sites for hydroxylation is 1. The molecule has 0 fully saturated rings. The third-order valence-corrected chi connectivity index (χ3v) is 5.82. The summed E-state index contributed by atoms with van der Waals surface area (Å²) < 4.78 is 95.9. The molecule has 1 heterocycles. The zero-order valence-electron chi connectivity index (χ0n) is 18.5. The summed E-state index contributed by atoms with van der Waals surface area (Å²) in [5.74, 6) is -1.52. The first kappa shape index (κ1) is 25.5. The lowest BCUT2D eigenvalue weighted by Gasteiger charge is -2.40. The Morgan fingerprint density at radius 1 is 1.15 bits per heavy atom. The van der Waals surface area contributed by atoms with Crippen LogP contribution in [0.3, 0.4) is 0 Å². The highest BCUT2D eigenvalue weighted by atomic mass is 32.2. The van der Waals surface area contributed by atoms with Crippen LogP contribution in [0, 0.1) is 18.6 Å². The molecule has 1 aliphatic rings. The monoisotopic (exact) mass is 498 g/mol. The average molecular weight is 499 g/mol. The van der Waals surface area contributed by atoms with Crippen LogP contribution in [0.4, 0.5) is 27.6 Å². The summed E-state index contributed by atoms with van der Waals surface area (Å²) in [5.41, 5.74) is 0.0117.